The van der Waals surface area contributed by atoms with Gasteiger partial charge < -0.3 is 15.3 Å². The number of carbonyl (C=O) groups is 1. The van der Waals surface area contributed by atoms with Gasteiger partial charge in [-0.05, 0) is 26.0 Å². The fourth-order valence-electron chi connectivity index (χ4n) is 2.13. The molecule has 1 fully saturated rings. The third kappa shape index (κ3) is 2.55. The third-order valence-electron chi connectivity index (χ3n) is 3.15. The number of carbonyl (C=O) groups excluding carboxylic acids is 1. The highest BCUT2D eigenvalue weighted by Crippen LogP contribution is 2.19. The molecule has 0 saturated carbocycles. The molecule has 5 heteroatoms. The van der Waals surface area contributed by atoms with E-state index >= 15 is 0 Å². The number of nitrogens with zero attached hydrogens (tertiary/aromatic N) is 2. The van der Waals surface area contributed by atoms with Crippen molar-refractivity contribution < 1.29 is 9.90 Å². The van der Waals surface area contributed by atoms with Crippen LogP contribution in [0, 0.1) is 0 Å². The van der Waals surface area contributed by atoms with E-state index in [9.17, 15) is 9.90 Å². The Morgan fingerprint density at radius 2 is 2.47 bits per heavy atom. The number of amides is 1. The average Bonchev–Trinajstić information content (AvgIpc) is 2.38. The molecule has 0 radical (unpaired) electrons. The number of pyridine rings is 1. The second-order valence-corrected chi connectivity index (χ2v) is 4.27. The highest BCUT2D eigenvalue weighted by molar-refractivity contribution is 5.96. The number of piperidine rings is 1. The molecule has 1 aromatic heterocycles. The van der Waals surface area contributed by atoms with Crippen molar-refractivity contribution in [3.8, 4) is 5.75 Å². The molecule has 0 bridgehead atoms. The Morgan fingerprint density at radius 1 is 1.65 bits per heavy atom. The van der Waals surface area contributed by atoms with Crippen LogP contribution in [0.4, 0.5) is 0 Å². The van der Waals surface area contributed by atoms with Gasteiger partial charge in [0.1, 0.15) is 5.75 Å². The van der Waals surface area contributed by atoms with Gasteiger partial charge in [-0.15, -0.1) is 0 Å². The standard InChI is InChI=1S/C12H17N3O2/c1-13-9-3-2-6-15(8-9)12(17)10-4-5-14-7-11(10)16/h4-5,7,9,13,16H,2-3,6,8H2,1H3. The number of nitrogens with one attached hydrogen (secondary N) is 1. The molecule has 1 aromatic rings. The summed E-state index contributed by atoms with van der Waals surface area (Å²) in [7, 11) is 1.91. The average molecular weight is 235 g/mol. The van der Waals surface area contributed by atoms with Crippen LogP contribution in [0.2, 0.25) is 0 Å². The van der Waals surface area contributed by atoms with Gasteiger partial charge in [-0.3, -0.25) is 9.78 Å². The Hall–Kier alpha value is -1.62. The van der Waals surface area contributed by atoms with Gasteiger partial charge in [-0.1, -0.05) is 0 Å². The Labute approximate surface area is 100 Å². The zero-order valence-corrected chi connectivity index (χ0v) is 9.89. The van der Waals surface area contributed by atoms with Crippen molar-refractivity contribution in [1.82, 2.24) is 15.2 Å². The Morgan fingerprint density at radius 3 is 3.18 bits per heavy atom. The lowest BCUT2D eigenvalue weighted by atomic mass is 10.0. The predicted molar refractivity (Wildman–Crippen MR) is 63.9 cm³/mol. The normalized spacial score (nSPS) is 20.3. The number of likely N-dealkylation sites (N-methyl/N-ethyl adjacent to an activating group) is 1. The van der Waals surface area contributed by atoms with Crippen molar-refractivity contribution in [2.45, 2.75) is 18.9 Å². The third-order valence-corrected chi connectivity index (χ3v) is 3.15. The summed E-state index contributed by atoms with van der Waals surface area (Å²) >= 11 is 0. The van der Waals surface area contributed by atoms with E-state index in [0.29, 0.717) is 18.2 Å². The second-order valence-electron chi connectivity index (χ2n) is 4.27. The number of likely N-dealkylation sites (tertiary alicyclic amines) is 1. The zero-order chi connectivity index (χ0) is 12.3. The van der Waals surface area contributed by atoms with Gasteiger partial charge >= 0.3 is 0 Å². The van der Waals surface area contributed by atoms with Crippen LogP contribution >= 0.6 is 0 Å². The predicted octanol–water partition coefficient (Wildman–Crippen LogP) is 0.611. The molecule has 1 aliphatic heterocycles. The van der Waals surface area contributed by atoms with E-state index in [4.69, 9.17) is 0 Å². The summed E-state index contributed by atoms with van der Waals surface area (Å²) in [6.45, 7) is 1.44. The summed E-state index contributed by atoms with van der Waals surface area (Å²) < 4.78 is 0. The van der Waals surface area contributed by atoms with Gasteiger partial charge in [0.2, 0.25) is 0 Å². The molecule has 1 aliphatic rings. The summed E-state index contributed by atoms with van der Waals surface area (Å²) in [5.41, 5.74) is 0.330. The topological polar surface area (TPSA) is 65.5 Å². The van der Waals surface area contributed by atoms with E-state index in [1.54, 1.807) is 11.0 Å². The van der Waals surface area contributed by atoms with Gasteiger partial charge in [0.05, 0.1) is 11.8 Å². The minimum absolute atomic E-state index is 0.0518. The van der Waals surface area contributed by atoms with E-state index in [1.165, 1.54) is 12.4 Å². The van der Waals surface area contributed by atoms with E-state index in [1.807, 2.05) is 7.05 Å². The summed E-state index contributed by atoms with van der Waals surface area (Å²) in [5.74, 6) is -0.172. The molecule has 0 spiro atoms. The minimum Gasteiger partial charge on any atom is -0.505 e. The molecule has 1 unspecified atom stereocenters. The molecular weight excluding hydrogens is 218 g/mol. The highest BCUT2D eigenvalue weighted by Gasteiger charge is 2.24. The minimum atomic E-state index is -0.121. The van der Waals surface area contributed by atoms with Crippen LogP contribution in [0.5, 0.6) is 5.75 Å². The SMILES string of the molecule is CNC1CCCN(C(=O)c2ccncc2O)C1. The lowest BCUT2D eigenvalue weighted by Crippen LogP contribution is -2.46. The summed E-state index contributed by atoms with van der Waals surface area (Å²) in [6.07, 6.45) is 4.89. The second kappa shape index (κ2) is 5.14. The quantitative estimate of drug-likeness (QED) is 0.788. The van der Waals surface area contributed by atoms with Gasteiger partial charge in [0.25, 0.3) is 5.91 Å². The molecule has 2 rings (SSSR count). The zero-order valence-electron chi connectivity index (χ0n) is 9.89. The van der Waals surface area contributed by atoms with Crippen LogP contribution in [-0.4, -0.2) is 47.1 Å². The van der Waals surface area contributed by atoms with Crippen LogP contribution in [0.3, 0.4) is 0 Å². The van der Waals surface area contributed by atoms with Gasteiger partial charge in [-0.25, -0.2) is 0 Å². The van der Waals surface area contributed by atoms with Crippen molar-refractivity contribution in [2.24, 2.45) is 0 Å². The lowest BCUT2D eigenvalue weighted by molar-refractivity contribution is 0.0695. The first-order chi connectivity index (χ1) is 8.22. The molecule has 0 aromatic carbocycles. The molecule has 5 nitrogen and oxygen atoms in total. The number of aromatic nitrogens is 1. The lowest BCUT2D eigenvalue weighted by Gasteiger charge is -2.32. The monoisotopic (exact) mass is 235 g/mol. The summed E-state index contributed by atoms with van der Waals surface area (Å²) in [4.78, 5) is 17.7. The molecule has 2 N–H and O–H groups in total. The number of aromatic hydroxyl groups is 1. The number of rotatable bonds is 2. The Bertz CT molecular complexity index is 408. The van der Waals surface area contributed by atoms with E-state index in [0.717, 1.165) is 19.4 Å². The smallest absolute Gasteiger partial charge is 0.257 e. The maximum atomic E-state index is 12.2. The van der Waals surface area contributed by atoms with E-state index in [-0.39, 0.29) is 11.7 Å². The molecule has 1 amide bonds. The van der Waals surface area contributed by atoms with Crippen LogP contribution in [0.25, 0.3) is 0 Å². The van der Waals surface area contributed by atoms with Crippen molar-refractivity contribution in [2.75, 3.05) is 20.1 Å². The maximum absolute atomic E-state index is 12.2. The van der Waals surface area contributed by atoms with E-state index < -0.39 is 0 Å². The van der Waals surface area contributed by atoms with Crippen molar-refractivity contribution >= 4 is 5.91 Å². The van der Waals surface area contributed by atoms with Gasteiger partial charge in [0.15, 0.2) is 0 Å². The molecule has 92 valence electrons. The molecule has 1 atom stereocenters. The first kappa shape index (κ1) is 11.9. The number of hydrogen-bond acceptors (Lipinski definition) is 4. The largest absolute Gasteiger partial charge is 0.505 e. The Balaban J connectivity index is 2.12. The molecule has 2 heterocycles. The Kier molecular flexibility index (Phi) is 3.58. The summed E-state index contributed by atoms with van der Waals surface area (Å²) in [5, 5.41) is 12.8. The van der Waals surface area contributed by atoms with Crippen LogP contribution in [0.15, 0.2) is 18.5 Å². The van der Waals surface area contributed by atoms with Crippen molar-refractivity contribution in [3.05, 3.63) is 24.0 Å². The van der Waals surface area contributed by atoms with Crippen molar-refractivity contribution in [1.29, 1.82) is 0 Å². The maximum Gasteiger partial charge on any atom is 0.257 e. The van der Waals surface area contributed by atoms with Crippen LogP contribution in [0.1, 0.15) is 23.2 Å². The molecular formula is C12H17N3O2. The van der Waals surface area contributed by atoms with Crippen LogP contribution < -0.4 is 5.32 Å². The van der Waals surface area contributed by atoms with E-state index in [2.05, 4.69) is 10.3 Å². The van der Waals surface area contributed by atoms with Gasteiger partial charge in [-0.2, -0.15) is 0 Å². The first-order valence-electron chi connectivity index (χ1n) is 5.82. The molecule has 0 aliphatic carbocycles. The fourth-order valence-corrected chi connectivity index (χ4v) is 2.13. The van der Waals surface area contributed by atoms with Crippen LogP contribution in [-0.2, 0) is 0 Å². The highest BCUT2D eigenvalue weighted by atomic mass is 16.3. The molecule has 17 heavy (non-hydrogen) atoms. The molecule has 1 saturated heterocycles. The van der Waals surface area contributed by atoms with Crippen molar-refractivity contribution in [3.63, 3.8) is 0 Å². The summed E-state index contributed by atoms with van der Waals surface area (Å²) in [6, 6.07) is 1.90. The number of hydrogen-bond donors (Lipinski definition) is 2. The first-order valence-corrected chi connectivity index (χ1v) is 5.82. The van der Waals surface area contributed by atoms with Gasteiger partial charge in [0, 0.05) is 25.3 Å². The fraction of sp³-hybridized carbons (Fsp3) is 0.500.